The Hall–Kier alpha value is -3.12. The van der Waals surface area contributed by atoms with Crippen molar-refractivity contribution in [2.75, 3.05) is 50.7 Å². The molecule has 274 valence electrons. The van der Waals surface area contributed by atoms with E-state index in [0.29, 0.717) is 36.2 Å². The highest BCUT2D eigenvalue weighted by molar-refractivity contribution is 7.92. The highest BCUT2D eigenvalue weighted by Crippen LogP contribution is 2.48. The number of hydrogen-bond donors (Lipinski definition) is 2. The highest BCUT2D eigenvalue weighted by atomic mass is 35.5. The third kappa shape index (κ3) is 6.91. The van der Waals surface area contributed by atoms with E-state index in [9.17, 15) is 13.8 Å². The minimum atomic E-state index is -3.47. The van der Waals surface area contributed by atoms with Crippen molar-refractivity contribution in [3.8, 4) is 5.75 Å². The van der Waals surface area contributed by atoms with Crippen molar-refractivity contribution in [3.63, 3.8) is 0 Å². The zero-order valence-corrected chi connectivity index (χ0v) is 31.1. The summed E-state index contributed by atoms with van der Waals surface area (Å²) < 4.78 is 39.5. The summed E-state index contributed by atoms with van der Waals surface area (Å²) in [5.41, 5.74) is 3.62. The molecule has 2 bridgehead atoms. The molecule has 1 unspecified atom stereocenters. The Morgan fingerprint density at radius 2 is 1.98 bits per heavy atom. The molecular formula is C39H49ClN4O6S. The van der Waals surface area contributed by atoms with Gasteiger partial charge in [0.15, 0.2) is 0 Å². The fraction of sp³-hybridized carbons (Fsp3) is 0.590. The molecule has 3 aliphatic heterocycles. The topological polar surface area (TPSA) is 119 Å². The van der Waals surface area contributed by atoms with Gasteiger partial charge in [0.1, 0.15) is 15.7 Å². The first-order valence-electron chi connectivity index (χ1n) is 18.5. The summed E-state index contributed by atoms with van der Waals surface area (Å²) in [5, 5.41) is 3.70. The minimum Gasteiger partial charge on any atom is -0.490 e. The molecule has 12 heteroatoms. The van der Waals surface area contributed by atoms with Crippen LogP contribution in [0.3, 0.4) is 0 Å². The number of halogens is 1. The summed E-state index contributed by atoms with van der Waals surface area (Å²) in [7, 11) is -1.70. The van der Waals surface area contributed by atoms with Crippen molar-refractivity contribution < 1.29 is 28.0 Å². The number of methoxy groups -OCH3 is 1. The Morgan fingerprint density at radius 1 is 1.14 bits per heavy atom. The van der Waals surface area contributed by atoms with Crippen LogP contribution in [0.4, 0.5) is 10.5 Å². The van der Waals surface area contributed by atoms with Crippen LogP contribution in [0.5, 0.6) is 5.75 Å². The van der Waals surface area contributed by atoms with Crippen LogP contribution in [0.15, 0.2) is 52.9 Å². The van der Waals surface area contributed by atoms with Crippen molar-refractivity contribution in [3.05, 3.63) is 70.3 Å². The number of nitrogens with one attached hydrogen (secondary N) is 2. The summed E-state index contributed by atoms with van der Waals surface area (Å²) in [4.78, 5) is 29.6. The van der Waals surface area contributed by atoms with E-state index in [0.717, 1.165) is 82.0 Å². The van der Waals surface area contributed by atoms with Crippen LogP contribution in [0.1, 0.15) is 73.4 Å². The van der Waals surface area contributed by atoms with Crippen LogP contribution in [0, 0.1) is 23.2 Å². The van der Waals surface area contributed by atoms with Crippen molar-refractivity contribution in [2.24, 2.45) is 27.5 Å². The van der Waals surface area contributed by atoms with Crippen LogP contribution >= 0.6 is 11.6 Å². The van der Waals surface area contributed by atoms with Crippen molar-refractivity contribution in [1.82, 2.24) is 10.0 Å². The largest absolute Gasteiger partial charge is 0.490 e. The summed E-state index contributed by atoms with van der Waals surface area (Å²) >= 11 is 6.46. The number of fused-ring (bicyclic) bond motifs is 4. The van der Waals surface area contributed by atoms with E-state index < -0.39 is 21.9 Å². The number of allylic oxidation sites excluding steroid dienone is 1. The van der Waals surface area contributed by atoms with Gasteiger partial charge >= 0.3 is 6.03 Å². The lowest BCUT2D eigenvalue weighted by Crippen LogP contribution is -2.61. The Balaban J connectivity index is 1.14. The van der Waals surface area contributed by atoms with E-state index in [-0.39, 0.29) is 34.6 Å². The van der Waals surface area contributed by atoms with Gasteiger partial charge in [0.05, 0.1) is 37.4 Å². The highest BCUT2D eigenvalue weighted by Gasteiger charge is 2.50. The van der Waals surface area contributed by atoms with Gasteiger partial charge in [-0.05, 0) is 111 Å². The third-order valence-corrected chi connectivity index (χ3v) is 14.5. The second-order valence-corrected chi connectivity index (χ2v) is 18.6. The van der Waals surface area contributed by atoms with Crippen molar-refractivity contribution >= 4 is 39.1 Å². The summed E-state index contributed by atoms with van der Waals surface area (Å²) in [6.07, 6.45) is 11.6. The standard InChI is InChI=1S/C39H49ClN4O6S/c1-25-5-3-7-34(48-2)31-11-8-28(31)19-44-21-39(14-4-6-26-15-29(40)10-12-32(26)39)24-50-35-13-9-27(16-33(35)44)36(45)42-51(47,20-25)43-37(46)41-30-17-38(18-30)22-49-23-38/h3,7,9-10,12-13,15-16,25,28,30-31,34H,4-6,8,11,14,17-24H2,1-2H3,(H2,41,42,43,45,46,47)/b7-3+/t25-,28-,31+,34-,39-,51?/m0/s1. The average Bonchev–Trinajstić information content (AvgIpc) is 3.19. The number of benzene rings is 2. The predicted molar refractivity (Wildman–Crippen MR) is 198 cm³/mol. The molecular weight excluding hydrogens is 688 g/mol. The van der Waals surface area contributed by atoms with Gasteiger partial charge in [-0.15, -0.1) is 4.36 Å². The number of anilines is 1. The zero-order valence-electron chi connectivity index (χ0n) is 29.5. The molecule has 3 fully saturated rings. The molecule has 3 amide bonds. The fourth-order valence-corrected chi connectivity index (χ4v) is 11.5. The minimum absolute atomic E-state index is 0.0209. The van der Waals surface area contributed by atoms with Crippen LogP contribution in [-0.4, -0.2) is 74.1 Å². The van der Waals surface area contributed by atoms with E-state index >= 15 is 0 Å². The molecule has 6 atom stereocenters. The maximum absolute atomic E-state index is 14.5. The van der Waals surface area contributed by atoms with E-state index in [1.165, 1.54) is 11.1 Å². The third-order valence-electron chi connectivity index (χ3n) is 12.3. The molecule has 2 N–H and O–H groups in total. The number of carbonyl (C=O) groups is 2. The molecule has 2 saturated carbocycles. The number of ether oxygens (including phenoxy) is 3. The first-order chi connectivity index (χ1) is 24.5. The molecule has 2 spiro atoms. The van der Waals surface area contributed by atoms with Crippen LogP contribution in [-0.2, 0) is 31.2 Å². The number of hydrogen-bond acceptors (Lipinski definition) is 7. The van der Waals surface area contributed by atoms with E-state index in [4.69, 9.17) is 25.8 Å². The molecule has 1 saturated heterocycles. The van der Waals surface area contributed by atoms with Crippen LogP contribution in [0.25, 0.3) is 0 Å². The van der Waals surface area contributed by atoms with Crippen LogP contribution in [0.2, 0.25) is 5.02 Å². The Bertz CT molecular complexity index is 1850. The Labute approximate surface area is 306 Å². The molecule has 10 nitrogen and oxygen atoms in total. The maximum Gasteiger partial charge on any atom is 0.327 e. The second-order valence-electron chi connectivity index (χ2n) is 16.1. The molecule has 51 heavy (non-hydrogen) atoms. The molecule has 0 radical (unpaired) electrons. The molecule has 2 aromatic rings. The molecule has 0 aromatic heterocycles. The Morgan fingerprint density at radius 3 is 2.73 bits per heavy atom. The quantitative estimate of drug-likeness (QED) is 0.348. The molecule has 3 heterocycles. The lowest BCUT2D eigenvalue weighted by molar-refractivity contribution is -0.165. The predicted octanol–water partition coefficient (Wildman–Crippen LogP) is 6.45. The Kier molecular flexibility index (Phi) is 9.38. The van der Waals surface area contributed by atoms with Gasteiger partial charge in [-0.3, -0.25) is 9.52 Å². The monoisotopic (exact) mass is 736 g/mol. The fourth-order valence-electron chi connectivity index (χ4n) is 9.44. The van der Waals surface area contributed by atoms with Crippen molar-refractivity contribution in [2.45, 2.75) is 75.9 Å². The molecule has 3 aliphatic carbocycles. The smallest absolute Gasteiger partial charge is 0.327 e. The van der Waals surface area contributed by atoms with Gasteiger partial charge in [0.2, 0.25) is 0 Å². The molecule has 2 aromatic carbocycles. The zero-order chi connectivity index (χ0) is 35.4. The summed E-state index contributed by atoms with van der Waals surface area (Å²) in [6, 6.07) is 11.1. The number of rotatable bonds is 3. The van der Waals surface area contributed by atoms with Gasteiger partial charge in [-0.25, -0.2) is 9.00 Å². The van der Waals surface area contributed by atoms with Gasteiger partial charge in [-0.1, -0.05) is 36.7 Å². The lowest BCUT2D eigenvalue weighted by atomic mass is 9.64. The molecule has 6 aliphatic rings. The SMILES string of the molecule is CO[C@H]1/C=C/C[C@H](C)CS(=O)(NC(=O)NC2CC3(COC3)C2)=NC(=O)c2ccc3c(c2)N(C[C@@H]2CC[C@H]21)C[C@@]1(CCCc2cc(Cl)ccc21)CO3. The van der Waals surface area contributed by atoms with E-state index in [2.05, 4.69) is 43.6 Å². The lowest BCUT2D eigenvalue weighted by Gasteiger charge is -2.53. The number of nitrogens with zero attached hydrogens (tertiary/aromatic N) is 2. The van der Waals surface area contributed by atoms with Gasteiger partial charge < -0.3 is 24.4 Å². The number of amides is 3. The number of carbonyl (C=O) groups excluding carboxylic acids is 2. The maximum atomic E-state index is 14.5. The number of aryl methyl sites for hydroxylation is 1. The first-order valence-corrected chi connectivity index (χ1v) is 20.6. The van der Waals surface area contributed by atoms with Gasteiger partial charge in [-0.2, -0.15) is 0 Å². The van der Waals surface area contributed by atoms with Crippen LogP contribution < -0.4 is 19.7 Å². The summed E-state index contributed by atoms with van der Waals surface area (Å²) in [5.74, 6) is 0.759. The summed E-state index contributed by atoms with van der Waals surface area (Å²) in [6.45, 7) is 5.44. The second kappa shape index (κ2) is 13.7. The normalized spacial score (nSPS) is 33.5. The number of urea groups is 1. The van der Waals surface area contributed by atoms with Gasteiger partial charge in [0.25, 0.3) is 5.91 Å². The van der Waals surface area contributed by atoms with Gasteiger partial charge in [0, 0.05) is 47.7 Å². The molecule has 8 rings (SSSR count). The van der Waals surface area contributed by atoms with Crippen molar-refractivity contribution in [1.29, 1.82) is 0 Å². The van der Waals surface area contributed by atoms with E-state index in [1.807, 2.05) is 25.1 Å². The van der Waals surface area contributed by atoms with E-state index in [1.54, 1.807) is 13.2 Å². The first kappa shape index (κ1) is 34.9. The average molecular weight is 737 g/mol.